The Hall–Kier alpha value is -2.41. The van der Waals surface area contributed by atoms with Crippen LogP contribution in [0.25, 0.3) is 0 Å². The maximum atomic E-state index is 12.7. The third-order valence-electron chi connectivity index (χ3n) is 4.33. The molecule has 1 aromatic carbocycles. The fourth-order valence-electron chi connectivity index (χ4n) is 2.99. The monoisotopic (exact) mass is 360 g/mol. The molecule has 1 aliphatic rings. The molecule has 2 N–H and O–H groups in total. The molecule has 0 radical (unpaired) electrons. The molecular weight excluding hydrogens is 332 g/mol. The van der Waals surface area contributed by atoms with E-state index in [0.717, 1.165) is 18.5 Å². The van der Waals surface area contributed by atoms with E-state index in [1.165, 1.54) is 6.92 Å². The van der Waals surface area contributed by atoms with Crippen LogP contribution in [0, 0.1) is 6.92 Å². The van der Waals surface area contributed by atoms with Crippen molar-refractivity contribution in [2.45, 2.75) is 20.3 Å². The average Bonchev–Trinajstić information content (AvgIpc) is 2.83. The molecule has 0 atom stereocenters. The number of carbonyl (C=O) groups is 3. The van der Waals surface area contributed by atoms with Gasteiger partial charge >= 0.3 is 0 Å². The summed E-state index contributed by atoms with van der Waals surface area (Å²) in [6.45, 7) is 7.37. The van der Waals surface area contributed by atoms with Crippen molar-refractivity contribution >= 4 is 17.7 Å². The van der Waals surface area contributed by atoms with Gasteiger partial charge in [-0.1, -0.05) is 17.7 Å². The van der Waals surface area contributed by atoms with Gasteiger partial charge in [-0.3, -0.25) is 19.3 Å². The van der Waals surface area contributed by atoms with Gasteiger partial charge < -0.3 is 15.5 Å². The van der Waals surface area contributed by atoms with E-state index in [4.69, 9.17) is 0 Å². The van der Waals surface area contributed by atoms with Gasteiger partial charge in [0, 0.05) is 51.8 Å². The Morgan fingerprint density at radius 2 is 1.81 bits per heavy atom. The first kappa shape index (κ1) is 19.9. The van der Waals surface area contributed by atoms with Gasteiger partial charge in [-0.2, -0.15) is 0 Å². The molecule has 0 aromatic heterocycles. The van der Waals surface area contributed by atoms with Crippen molar-refractivity contribution in [2.75, 3.05) is 45.8 Å². The molecule has 7 heteroatoms. The molecule has 26 heavy (non-hydrogen) atoms. The third-order valence-corrected chi connectivity index (χ3v) is 4.33. The summed E-state index contributed by atoms with van der Waals surface area (Å²) in [5.41, 5.74) is 1.79. The number of carbonyl (C=O) groups excluding carboxylic acids is 3. The number of nitrogens with zero attached hydrogens (tertiary/aromatic N) is 2. The zero-order valence-electron chi connectivity index (χ0n) is 15.6. The lowest BCUT2D eigenvalue weighted by Gasteiger charge is -2.22. The number of nitrogens with one attached hydrogen (secondary N) is 2. The predicted molar refractivity (Wildman–Crippen MR) is 99.8 cm³/mol. The number of benzene rings is 1. The number of hydrogen-bond donors (Lipinski definition) is 2. The topological polar surface area (TPSA) is 81.8 Å². The molecule has 0 bridgehead atoms. The molecule has 2 rings (SSSR count). The first-order valence-electron chi connectivity index (χ1n) is 9.05. The van der Waals surface area contributed by atoms with Crippen molar-refractivity contribution in [2.24, 2.45) is 0 Å². The van der Waals surface area contributed by atoms with Gasteiger partial charge in [0.15, 0.2) is 0 Å². The van der Waals surface area contributed by atoms with Gasteiger partial charge in [0.25, 0.3) is 5.91 Å². The highest BCUT2D eigenvalue weighted by Gasteiger charge is 2.21. The van der Waals surface area contributed by atoms with Crippen LogP contribution in [-0.4, -0.2) is 73.3 Å². The molecule has 0 saturated carbocycles. The van der Waals surface area contributed by atoms with Crippen LogP contribution >= 0.6 is 0 Å². The van der Waals surface area contributed by atoms with Crippen LogP contribution in [0.5, 0.6) is 0 Å². The maximum absolute atomic E-state index is 12.7. The molecule has 1 saturated heterocycles. The van der Waals surface area contributed by atoms with Crippen molar-refractivity contribution in [1.29, 1.82) is 0 Å². The Kier molecular flexibility index (Phi) is 7.59. The van der Waals surface area contributed by atoms with Crippen LogP contribution < -0.4 is 10.6 Å². The molecule has 0 spiro atoms. The van der Waals surface area contributed by atoms with E-state index in [1.807, 2.05) is 36.1 Å². The summed E-state index contributed by atoms with van der Waals surface area (Å²) in [7, 11) is 0. The summed E-state index contributed by atoms with van der Waals surface area (Å²) in [4.78, 5) is 39.4. The number of rotatable bonds is 6. The molecule has 1 aromatic rings. The minimum atomic E-state index is -0.106. The second kappa shape index (κ2) is 9.91. The number of aryl methyl sites for hydroxylation is 1. The van der Waals surface area contributed by atoms with E-state index in [0.29, 0.717) is 44.8 Å². The van der Waals surface area contributed by atoms with Gasteiger partial charge in [-0.15, -0.1) is 0 Å². The van der Waals surface area contributed by atoms with Crippen molar-refractivity contribution in [3.8, 4) is 0 Å². The van der Waals surface area contributed by atoms with Crippen LogP contribution in [0.3, 0.4) is 0 Å². The lowest BCUT2D eigenvalue weighted by Crippen LogP contribution is -2.42. The zero-order valence-corrected chi connectivity index (χ0v) is 15.6. The van der Waals surface area contributed by atoms with E-state index in [-0.39, 0.29) is 17.7 Å². The van der Waals surface area contributed by atoms with Crippen LogP contribution in [0.1, 0.15) is 29.3 Å². The molecule has 1 heterocycles. The molecule has 7 nitrogen and oxygen atoms in total. The highest BCUT2D eigenvalue weighted by Crippen LogP contribution is 2.11. The summed E-state index contributed by atoms with van der Waals surface area (Å²) in [6.07, 6.45) is 0.844. The largest absolute Gasteiger partial charge is 0.355 e. The second-order valence-corrected chi connectivity index (χ2v) is 6.62. The van der Waals surface area contributed by atoms with Crippen molar-refractivity contribution in [1.82, 2.24) is 20.4 Å². The first-order chi connectivity index (χ1) is 12.5. The van der Waals surface area contributed by atoms with Gasteiger partial charge in [0.1, 0.15) is 0 Å². The van der Waals surface area contributed by atoms with Crippen LogP contribution in [0.15, 0.2) is 24.3 Å². The summed E-state index contributed by atoms with van der Waals surface area (Å²) in [5.74, 6) is -0.116. The van der Waals surface area contributed by atoms with Crippen molar-refractivity contribution in [3.05, 3.63) is 35.4 Å². The maximum Gasteiger partial charge on any atom is 0.253 e. The van der Waals surface area contributed by atoms with Crippen LogP contribution in [-0.2, 0) is 9.59 Å². The van der Waals surface area contributed by atoms with Crippen LogP contribution in [0.2, 0.25) is 0 Å². The normalized spacial score (nSPS) is 15.2. The minimum Gasteiger partial charge on any atom is -0.355 e. The molecule has 0 unspecified atom stereocenters. The first-order valence-corrected chi connectivity index (χ1v) is 9.05. The predicted octanol–water partition coefficient (Wildman–Crippen LogP) is 0.395. The molecule has 3 amide bonds. The lowest BCUT2D eigenvalue weighted by molar-refractivity contribution is -0.123. The van der Waals surface area contributed by atoms with E-state index in [1.54, 1.807) is 0 Å². The Balaban J connectivity index is 1.77. The van der Waals surface area contributed by atoms with Gasteiger partial charge in [-0.25, -0.2) is 0 Å². The fourth-order valence-corrected chi connectivity index (χ4v) is 2.99. The standard InChI is InChI=1S/C19H28N4O3/c1-15-5-3-6-17(13-15)19(26)23-10-4-9-22(11-12-23)14-18(25)21-8-7-20-16(2)24/h3,5-6,13H,4,7-12,14H2,1-2H3,(H,20,24)(H,21,25). The smallest absolute Gasteiger partial charge is 0.253 e. The Morgan fingerprint density at radius 3 is 2.54 bits per heavy atom. The Morgan fingerprint density at radius 1 is 1.04 bits per heavy atom. The van der Waals surface area contributed by atoms with E-state index < -0.39 is 0 Å². The summed E-state index contributed by atoms with van der Waals surface area (Å²) >= 11 is 0. The minimum absolute atomic E-state index is 0.0512. The van der Waals surface area contributed by atoms with E-state index in [2.05, 4.69) is 15.5 Å². The molecule has 0 aliphatic carbocycles. The third kappa shape index (κ3) is 6.48. The van der Waals surface area contributed by atoms with Gasteiger partial charge in [0.2, 0.25) is 11.8 Å². The highest BCUT2D eigenvalue weighted by molar-refractivity contribution is 5.94. The summed E-state index contributed by atoms with van der Waals surface area (Å²) < 4.78 is 0. The molecule has 1 aliphatic heterocycles. The van der Waals surface area contributed by atoms with Crippen molar-refractivity contribution in [3.63, 3.8) is 0 Å². The van der Waals surface area contributed by atoms with Crippen molar-refractivity contribution < 1.29 is 14.4 Å². The van der Waals surface area contributed by atoms with Crippen LogP contribution in [0.4, 0.5) is 0 Å². The fraction of sp³-hybridized carbons (Fsp3) is 0.526. The van der Waals surface area contributed by atoms with Gasteiger partial charge in [-0.05, 0) is 25.5 Å². The molecule has 1 fully saturated rings. The molecule has 142 valence electrons. The molecular formula is C19H28N4O3. The Bertz CT molecular complexity index is 647. The SMILES string of the molecule is CC(=O)NCCNC(=O)CN1CCCN(C(=O)c2cccc(C)c2)CC1. The quantitative estimate of drug-likeness (QED) is 0.720. The van der Waals surface area contributed by atoms with Gasteiger partial charge in [0.05, 0.1) is 6.54 Å². The highest BCUT2D eigenvalue weighted by atomic mass is 16.2. The summed E-state index contributed by atoms with van der Waals surface area (Å²) in [6, 6.07) is 7.64. The average molecular weight is 360 g/mol. The number of hydrogen-bond acceptors (Lipinski definition) is 4. The lowest BCUT2D eigenvalue weighted by atomic mass is 10.1. The summed E-state index contributed by atoms with van der Waals surface area (Å²) in [5, 5.41) is 5.44. The zero-order chi connectivity index (χ0) is 18.9. The van der Waals surface area contributed by atoms with E-state index in [9.17, 15) is 14.4 Å². The second-order valence-electron chi connectivity index (χ2n) is 6.62. The van der Waals surface area contributed by atoms with E-state index >= 15 is 0 Å². The number of amides is 3. The Labute approximate surface area is 154 Å².